The second kappa shape index (κ2) is 4.05. The summed E-state index contributed by atoms with van der Waals surface area (Å²) < 4.78 is 22.3. The normalized spacial score (nSPS) is 24.2. The van der Waals surface area contributed by atoms with E-state index in [2.05, 4.69) is 9.35 Å². The minimum atomic E-state index is -2.37. The Labute approximate surface area is 96.2 Å². The summed E-state index contributed by atoms with van der Waals surface area (Å²) >= 11 is 0. The lowest BCUT2D eigenvalue weighted by Gasteiger charge is -2.14. The summed E-state index contributed by atoms with van der Waals surface area (Å²) in [5, 5.41) is 0. The van der Waals surface area contributed by atoms with Crippen LogP contribution in [0, 0.1) is 0 Å². The van der Waals surface area contributed by atoms with E-state index in [4.69, 9.17) is 4.74 Å². The van der Waals surface area contributed by atoms with Gasteiger partial charge < -0.3 is 4.74 Å². The summed E-state index contributed by atoms with van der Waals surface area (Å²) in [5.74, 6) is 0.889. The predicted molar refractivity (Wildman–Crippen MR) is 63.4 cm³/mol. The molecule has 0 saturated heterocycles. The SMILES string of the molecule is CC(C)c1nccc2c1S(C)(=O)=NCCO2. The molecule has 0 N–H and O–H groups in total. The highest BCUT2D eigenvalue weighted by molar-refractivity contribution is 7.93. The lowest BCUT2D eigenvalue weighted by molar-refractivity contribution is 0.322. The Bertz CT molecular complexity index is 517. The van der Waals surface area contributed by atoms with Crippen LogP contribution in [-0.2, 0) is 9.73 Å². The second-order valence-electron chi connectivity index (χ2n) is 4.18. The Kier molecular flexibility index (Phi) is 2.88. The largest absolute Gasteiger partial charge is 0.490 e. The van der Waals surface area contributed by atoms with Crippen LogP contribution < -0.4 is 4.74 Å². The van der Waals surface area contributed by atoms with Crippen molar-refractivity contribution in [1.82, 2.24) is 4.98 Å². The zero-order valence-electron chi connectivity index (χ0n) is 9.77. The molecule has 0 aliphatic carbocycles. The summed E-state index contributed by atoms with van der Waals surface area (Å²) in [4.78, 5) is 4.99. The van der Waals surface area contributed by atoms with E-state index in [-0.39, 0.29) is 5.92 Å². The molecule has 1 unspecified atom stereocenters. The molecular weight excluding hydrogens is 224 g/mol. The monoisotopic (exact) mass is 240 g/mol. The fraction of sp³-hybridized carbons (Fsp3) is 0.545. The van der Waals surface area contributed by atoms with Crippen molar-refractivity contribution in [1.29, 1.82) is 0 Å². The number of rotatable bonds is 1. The minimum Gasteiger partial charge on any atom is -0.490 e. The van der Waals surface area contributed by atoms with Crippen molar-refractivity contribution in [2.24, 2.45) is 4.36 Å². The first kappa shape index (κ1) is 11.4. The third-order valence-electron chi connectivity index (χ3n) is 2.51. The molecule has 0 spiro atoms. The van der Waals surface area contributed by atoms with Crippen LogP contribution in [0.3, 0.4) is 0 Å². The Morgan fingerprint density at radius 3 is 2.94 bits per heavy atom. The van der Waals surface area contributed by atoms with Gasteiger partial charge in [0.2, 0.25) is 0 Å². The van der Waals surface area contributed by atoms with Crippen LogP contribution in [0.2, 0.25) is 0 Å². The van der Waals surface area contributed by atoms with Crippen molar-refractivity contribution in [3.05, 3.63) is 18.0 Å². The molecule has 0 fully saturated rings. The Morgan fingerprint density at radius 2 is 2.25 bits per heavy atom. The highest BCUT2D eigenvalue weighted by Crippen LogP contribution is 2.32. The van der Waals surface area contributed by atoms with Gasteiger partial charge in [0.1, 0.15) is 17.3 Å². The van der Waals surface area contributed by atoms with Gasteiger partial charge in [0.05, 0.1) is 22.0 Å². The molecule has 1 aromatic heterocycles. The fourth-order valence-electron chi connectivity index (χ4n) is 1.78. The van der Waals surface area contributed by atoms with Gasteiger partial charge in [0.15, 0.2) is 0 Å². The second-order valence-corrected chi connectivity index (χ2v) is 6.45. The summed E-state index contributed by atoms with van der Waals surface area (Å²) in [5.41, 5.74) is 0.829. The van der Waals surface area contributed by atoms with E-state index in [0.717, 1.165) is 5.69 Å². The molecule has 0 radical (unpaired) electrons. The molecule has 1 aliphatic heterocycles. The van der Waals surface area contributed by atoms with Gasteiger partial charge in [-0.25, -0.2) is 8.57 Å². The molecule has 2 heterocycles. The Balaban J connectivity index is 2.75. The van der Waals surface area contributed by atoms with Crippen molar-refractivity contribution in [3.8, 4) is 5.75 Å². The van der Waals surface area contributed by atoms with Gasteiger partial charge >= 0.3 is 0 Å². The van der Waals surface area contributed by atoms with Crippen molar-refractivity contribution in [2.45, 2.75) is 24.7 Å². The van der Waals surface area contributed by atoms with Crippen molar-refractivity contribution >= 4 is 9.73 Å². The average Bonchev–Trinajstić information content (AvgIpc) is 2.37. The number of hydrogen-bond donors (Lipinski definition) is 0. The maximum atomic E-state index is 12.5. The van der Waals surface area contributed by atoms with Gasteiger partial charge in [0, 0.05) is 12.5 Å². The van der Waals surface area contributed by atoms with Crippen LogP contribution in [0.4, 0.5) is 0 Å². The molecule has 2 rings (SSSR count). The van der Waals surface area contributed by atoms with E-state index in [0.29, 0.717) is 23.8 Å². The zero-order chi connectivity index (χ0) is 11.8. The quantitative estimate of drug-likeness (QED) is 0.755. The molecule has 5 heteroatoms. The van der Waals surface area contributed by atoms with Gasteiger partial charge in [0.25, 0.3) is 0 Å². The maximum absolute atomic E-state index is 12.5. The van der Waals surface area contributed by atoms with Crippen molar-refractivity contribution in [3.63, 3.8) is 0 Å². The molecule has 1 aliphatic rings. The number of ether oxygens (including phenoxy) is 1. The van der Waals surface area contributed by atoms with Crippen LogP contribution >= 0.6 is 0 Å². The zero-order valence-corrected chi connectivity index (χ0v) is 10.6. The van der Waals surface area contributed by atoms with Crippen LogP contribution in [0.5, 0.6) is 5.75 Å². The van der Waals surface area contributed by atoms with E-state index in [1.54, 1.807) is 18.5 Å². The number of pyridine rings is 1. The molecule has 0 saturated carbocycles. The highest BCUT2D eigenvalue weighted by Gasteiger charge is 2.22. The summed E-state index contributed by atoms with van der Waals surface area (Å²) in [6, 6.07) is 1.77. The minimum absolute atomic E-state index is 0.215. The lowest BCUT2D eigenvalue weighted by atomic mass is 10.1. The molecule has 16 heavy (non-hydrogen) atoms. The van der Waals surface area contributed by atoms with E-state index < -0.39 is 9.73 Å². The number of aromatic nitrogens is 1. The molecule has 1 aromatic rings. The number of nitrogens with zero attached hydrogens (tertiary/aromatic N) is 2. The van der Waals surface area contributed by atoms with Gasteiger partial charge in [-0.3, -0.25) is 4.98 Å². The third-order valence-corrected chi connectivity index (χ3v) is 4.35. The van der Waals surface area contributed by atoms with Crippen LogP contribution in [0.1, 0.15) is 25.5 Å². The maximum Gasteiger partial charge on any atom is 0.139 e. The van der Waals surface area contributed by atoms with E-state index >= 15 is 0 Å². The first-order chi connectivity index (χ1) is 7.52. The molecule has 4 nitrogen and oxygen atoms in total. The first-order valence-corrected chi connectivity index (χ1v) is 7.24. The third kappa shape index (κ3) is 1.91. The fourth-order valence-corrected chi connectivity index (χ4v) is 3.51. The average molecular weight is 240 g/mol. The van der Waals surface area contributed by atoms with E-state index in [1.165, 1.54) is 0 Å². The predicted octanol–water partition coefficient (Wildman–Crippen LogP) is 2.05. The molecule has 88 valence electrons. The van der Waals surface area contributed by atoms with Crippen LogP contribution in [0.25, 0.3) is 0 Å². The number of hydrogen-bond acceptors (Lipinski definition) is 4. The lowest BCUT2D eigenvalue weighted by Crippen LogP contribution is -2.07. The summed E-state index contributed by atoms with van der Waals surface area (Å²) in [7, 11) is -2.37. The van der Waals surface area contributed by atoms with E-state index in [1.807, 2.05) is 13.8 Å². The van der Waals surface area contributed by atoms with Gasteiger partial charge in [-0.1, -0.05) is 13.8 Å². The van der Waals surface area contributed by atoms with Gasteiger partial charge in [-0.2, -0.15) is 0 Å². The molecule has 0 amide bonds. The van der Waals surface area contributed by atoms with Crippen molar-refractivity contribution < 1.29 is 8.95 Å². The molecule has 0 bridgehead atoms. The first-order valence-electron chi connectivity index (χ1n) is 5.32. The van der Waals surface area contributed by atoms with Crippen LogP contribution in [0.15, 0.2) is 21.5 Å². The van der Waals surface area contributed by atoms with Crippen LogP contribution in [-0.4, -0.2) is 28.6 Å². The Hall–Kier alpha value is -1.10. The smallest absolute Gasteiger partial charge is 0.139 e. The topological polar surface area (TPSA) is 51.5 Å². The van der Waals surface area contributed by atoms with Gasteiger partial charge in [-0.15, -0.1) is 0 Å². The summed E-state index contributed by atoms with van der Waals surface area (Å²) in [6.07, 6.45) is 3.36. The molecular formula is C11H16N2O2S. The standard InChI is InChI=1S/C11H16N2O2S/c1-8(2)10-11-9(4-5-12-10)15-7-6-13-16(11,3)14/h4-5,8H,6-7H2,1-3H3. The Morgan fingerprint density at radius 1 is 1.50 bits per heavy atom. The van der Waals surface area contributed by atoms with Crippen molar-refractivity contribution in [2.75, 3.05) is 19.4 Å². The summed E-state index contributed by atoms with van der Waals surface area (Å²) in [6.45, 7) is 5.02. The van der Waals surface area contributed by atoms with Gasteiger partial charge in [-0.05, 0) is 12.0 Å². The number of fused-ring (bicyclic) bond motifs is 1. The molecule has 0 aromatic carbocycles. The highest BCUT2D eigenvalue weighted by atomic mass is 32.2. The van der Waals surface area contributed by atoms with E-state index in [9.17, 15) is 4.21 Å². The molecule has 1 atom stereocenters.